The average molecular weight is 311 g/mol. The van der Waals surface area contributed by atoms with E-state index in [4.69, 9.17) is 0 Å². The predicted octanol–water partition coefficient (Wildman–Crippen LogP) is 2.33. The Morgan fingerprint density at radius 2 is 2.28 bits per heavy atom. The smallest absolute Gasteiger partial charge is 0.284 e. The largest absolute Gasteiger partial charge is 0.319 e. The van der Waals surface area contributed by atoms with E-state index in [1.165, 1.54) is 30.6 Å². The number of H-pyrrole nitrogens is 1. The van der Waals surface area contributed by atoms with E-state index in [2.05, 4.69) is 31.4 Å². The van der Waals surface area contributed by atoms with Gasteiger partial charge in [0, 0.05) is 17.8 Å². The number of nitrogens with zero attached hydrogens (tertiary/aromatic N) is 2. The van der Waals surface area contributed by atoms with Gasteiger partial charge in [0.15, 0.2) is 0 Å². The Hall–Kier alpha value is -2.22. The second kappa shape index (κ2) is 4.96. The SMILES string of the molecule is O=C(Nc1cn[nH]c1)c1ccc(Br)c([N+](=O)[O-])c1. The number of aromatic amines is 1. The molecule has 0 spiro atoms. The third-order valence-corrected chi connectivity index (χ3v) is 2.83. The number of nitrogens with one attached hydrogen (secondary N) is 2. The molecule has 0 fully saturated rings. The molecule has 2 N–H and O–H groups in total. The normalized spacial score (nSPS) is 10.1. The van der Waals surface area contributed by atoms with Crippen LogP contribution in [-0.4, -0.2) is 21.0 Å². The summed E-state index contributed by atoms with van der Waals surface area (Å²) >= 11 is 3.05. The molecule has 1 heterocycles. The second-order valence-corrected chi connectivity index (χ2v) is 4.22. The number of anilines is 1. The number of carbonyl (C=O) groups excluding carboxylic acids is 1. The summed E-state index contributed by atoms with van der Waals surface area (Å²) in [5.74, 6) is -0.438. The summed E-state index contributed by atoms with van der Waals surface area (Å²) in [5, 5.41) is 19.5. The van der Waals surface area contributed by atoms with Crippen molar-refractivity contribution in [2.75, 3.05) is 5.32 Å². The van der Waals surface area contributed by atoms with Gasteiger partial charge >= 0.3 is 0 Å². The number of rotatable bonds is 3. The van der Waals surface area contributed by atoms with Crippen molar-refractivity contribution < 1.29 is 9.72 Å². The highest BCUT2D eigenvalue weighted by molar-refractivity contribution is 9.10. The van der Waals surface area contributed by atoms with Gasteiger partial charge in [-0.15, -0.1) is 0 Å². The van der Waals surface area contributed by atoms with Crippen LogP contribution in [0.3, 0.4) is 0 Å². The van der Waals surface area contributed by atoms with Crippen LogP contribution in [0.2, 0.25) is 0 Å². The first-order valence-electron chi connectivity index (χ1n) is 4.82. The Morgan fingerprint density at radius 1 is 1.50 bits per heavy atom. The van der Waals surface area contributed by atoms with Gasteiger partial charge in [0.05, 0.1) is 21.3 Å². The third-order valence-electron chi connectivity index (χ3n) is 2.16. The summed E-state index contributed by atoms with van der Waals surface area (Å²) in [7, 11) is 0. The molecule has 0 bridgehead atoms. The summed E-state index contributed by atoms with van der Waals surface area (Å²) in [6.07, 6.45) is 2.94. The average Bonchev–Trinajstić information content (AvgIpc) is 2.81. The zero-order chi connectivity index (χ0) is 13.1. The first-order chi connectivity index (χ1) is 8.58. The van der Waals surface area contributed by atoms with Crippen molar-refractivity contribution in [3.8, 4) is 0 Å². The third kappa shape index (κ3) is 2.54. The topological polar surface area (TPSA) is 101 Å². The molecule has 2 rings (SSSR count). The van der Waals surface area contributed by atoms with Crippen molar-refractivity contribution in [1.82, 2.24) is 10.2 Å². The van der Waals surface area contributed by atoms with E-state index in [9.17, 15) is 14.9 Å². The van der Waals surface area contributed by atoms with Crippen LogP contribution in [-0.2, 0) is 0 Å². The molecule has 8 heteroatoms. The highest BCUT2D eigenvalue weighted by atomic mass is 79.9. The van der Waals surface area contributed by atoms with E-state index in [0.717, 1.165) is 0 Å². The van der Waals surface area contributed by atoms with E-state index in [1.807, 2.05) is 0 Å². The van der Waals surface area contributed by atoms with Crippen LogP contribution < -0.4 is 5.32 Å². The van der Waals surface area contributed by atoms with Crippen LogP contribution in [0.5, 0.6) is 0 Å². The van der Waals surface area contributed by atoms with Crippen molar-refractivity contribution in [2.45, 2.75) is 0 Å². The minimum atomic E-state index is -0.557. The molecule has 0 aliphatic rings. The van der Waals surface area contributed by atoms with Crippen molar-refractivity contribution in [2.24, 2.45) is 0 Å². The number of hydrogen-bond acceptors (Lipinski definition) is 4. The van der Waals surface area contributed by atoms with Gasteiger partial charge < -0.3 is 5.32 Å². The molecule has 0 saturated carbocycles. The fraction of sp³-hybridized carbons (Fsp3) is 0. The zero-order valence-electron chi connectivity index (χ0n) is 8.88. The lowest BCUT2D eigenvalue weighted by molar-refractivity contribution is -0.385. The molecule has 1 amide bonds. The molecule has 0 radical (unpaired) electrons. The number of halogens is 1. The predicted molar refractivity (Wildman–Crippen MR) is 67.3 cm³/mol. The Balaban J connectivity index is 2.26. The van der Waals surface area contributed by atoms with Gasteiger partial charge in [-0.05, 0) is 28.1 Å². The summed E-state index contributed by atoms with van der Waals surface area (Å²) in [5.41, 5.74) is 0.534. The minimum absolute atomic E-state index is 0.158. The van der Waals surface area contributed by atoms with Crippen LogP contribution in [0, 0.1) is 10.1 Å². The zero-order valence-corrected chi connectivity index (χ0v) is 10.5. The molecular weight excluding hydrogens is 304 g/mol. The highest BCUT2D eigenvalue weighted by Gasteiger charge is 2.16. The van der Waals surface area contributed by atoms with Gasteiger partial charge in [0.25, 0.3) is 11.6 Å². The molecule has 18 heavy (non-hydrogen) atoms. The molecule has 0 aliphatic heterocycles. The van der Waals surface area contributed by atoms with E-state index < -0.39 is 10.8 Å². The Labute approximate surface area is 109 Å². The molecule has 0 atom stereocenters. The number of carbonyl (C=O) groups is 1. The maximum atomic E-state index is 11.8. The fourth-order valence-corrected chi connectivity index (χ4v) is 1.71. The summed E-state index contributed by atoms with van der Waals surface area (Å²) in [6.45, 7) is 0. The number of hydrogen-bond donors (Lipinski definition) is 2. The summed E-state index contributed by atoms with van der Waals surface area (Å²) in [4.78, 5) is 22.0. The maximum Gasteiger partial charge on any atom is 0.284 e. The molecule has 1 aromatic heterocycles. The van der Waals surface area contributed by atoms with Crippen LogP contribution in [0.4, 0.5) is 11.4 Å². The van der Waals surface area contributed by atoms with Crippen LogP contribution in [0.25, 0.3) is 0 Å². The molecule has 0 aliphatic carbocycles. The van der Waals surface area contributed by atoms with Crippen molar-refractivity contribution in [3.05, 3.63) is 50.7 Å². The summed E-state index contributed by atoms with van der Waals surface area (Å²) in [6, 6.07) is 4.16. The van der Waals surface area contributed by atoms with Crippen molar-refractivity contribution in [1.29, 1.82) is 0 Å². The number of nitro benzene ring substituents is 1. The Morgan fingerprint density at radius 3 is 2.89 bits per heavy atom. The first-order valence-corrected chi connectivity index (χ1v) is 5.61. The molecule has 7 nitrogen and oxygen atoms in total. The van der Waals surface area contributed by atoms with Crippen LogP contribution in [0.1, 0.15) is 10.4 Å². The fourth-order valence-electron chi connectivity index (χ4n) is 1.32. The lowest BCUT2D eigenvalue weighted by Gasteiger charge is -2.03. The second-order valence-electron chi connectivity index (χ2n) is 3.36. The lowest BCUT2D eigenvalue weighted by atomic mass is 10.2. The quantitative estimate of drug-likeness (QED) is 0.671. The number of amides is 1. The van der Waals surface area contributed by atoms with Gasteiger partial charge in [0.2, 0.25) is 0 Å². The molecule has 2 aromatic rings. The Kier molecular flexibility index (Phi) is 3.38. The molecule has 1 aromatic carbocycles. The van der Waals surface area contributed by atoms with Gasteiger partial charge in [-0.25, -0.2) is 0 Å². The van der Waals surface area contributed by atoms with Crippen LogP contribution >= 0.6 is 15.9 Å². The van der Waals surface area contributed by atoms with E-state index >= 15 is 0 Å². The number of benzene rings is 1. The van der Waals surface area contributed by atoms with E-state index in [0.29, 0.717) is 10.2 Å². The number of nitro groups is 1. The standard InChI is InChI=1S/C10H7BrN4O3/c11-8-2-1-6(3-9(8)15(17)18)10(16)14-7-4-12-13-5-7/h1-5H,(H,12,13)(H,14,16). The highest BCUT2D eigenvalue weighted by Crippen LogP contribution is 2.25. The van der Waals surface area contributed by atoms with E-state index in [-0.39, 0.29) is 11.3 Å². The molecule has 92 valence electrons. The number of aromatic nitrogens is 2. The van der Waals surface area contributed by atoms with Gasteiger partial charge in [-0.2, -0.15) is 5.10 Å². The van der Waals surface area contributed by atoms with Crippen molar-refractivity contribution >= 4 is 33.2 Å². The van der Waals surface area contributed by atoms with Gasteiger partial charge in [0.1, 0.15) is 0 Å². The van der Waals surface area contributed by atoms with Gasteiger partial charge in [-0.3, -0.25) is 20.0 Å². The van der Waals surface area contributed by atoms with Crippen LogP contribution in [0.15, 0.2) is 35.1 Å². The minimum Gasteiger partial charge on any atom is -0.319 e. The first kappa shape index (κ1) is 12.2. The lowest BCUT2D eigenvalue weighted by Crippen LogP contribution is -2.11. The van der Waals surface area contributed by atoms with E-state index in [1.54, 1.807) is 0 Å². The monoisotopic (exact) mass is 310 g/mol. The molecule has 0 unspecified atom stereocenters. The Bertz CT molecular complexity index is 597. The van der Waals surface area contributed by atoms with Gasteiger partial charge in [-0.1, -0.05) is 0 Å². The van der Waals surface area contributed by atoms with Crippen molar-refractivity contribution in [3.63, 3.8) is 0 Å². The molecule has 0 saturated heterocycles. The molecular formula is C10H7BrN4O3. The maximum absolute atomic E-state index is 11.8. The summed E-state index contributed by atoms with van der Waals surface area (Å²) < 4.78 is 0.326.